The van der Waals surface area contributed by atoms with E-state index in [1.165, 1.54) is 5.56 Å². The summed E-state index contributed by atoms with van der Waals surface area (Å²) >= 11 is 0. The summed E-state index contributed by atoms with van der Waals surface area (Å²) < 4.78 is 23.9. The number of hydrogen-bond acceptors (Lipinski definition) is 4. The van der Waals surface area contributed by atoms with Gasteiger partial charge in [0.25, 0.3) is 0 Å². The summed E-state index contributed by atoms with van der Waals surface area (Å²) in [7, 11) is -2.91. The van der Waals surface area contributed by atoms with Crippen LogP contribution in [0.5, 0.6) is 0 Å². The smallest absolute Gasteiger partial charge is 0.154 e. The molecule has 1 aliphatic heterocycles. The lowest BCUT2D eigenvalue weighted by Crippen LogP contribution is -2.28. The first kappa shape index (κ1) is 15.5. The quantitative estimate of drug-likeness (QED) is 0.903. The Bertz CT molecular complexity index is 557. The Morgan fingerprint density at radius 1 is 1.40 bits per heavy atom. The van der Waals surface area contributed by atoms with Gasteiger partial charge in [-0.15, -0.1) is 0 Å². The van der Waals surface area contributed by atoms with Crippen molar-refractivity contribution in [3.63, 3.8) is 0 Å². The first-order valence-electron chi connectivity index (χ1n) is 7.17. The van der Waals surface area contributed by atoms with Crippen molar-refractivity contribution in [2.75, 3.05) is 18.8 Å². The van der Waals surface area contributed by atoms with E-state index < -0.39 is 9.84 Å². The molecule has 1 aromatic rings. The molecule has 0 saturated carbocycles. The predicted octanol–water partition coefficient (Wildman–Crippen LogP) is 1.72. The average Bonchev–Trinajstić information content (AvgIpc) is 2.75. The third-order valence-corrected chi connectivity index (χ3v) is 6.23. The van der Waals surface area contributed by atoms with Crippen LogP contribution >= 0.6 is 0 Å². The minimum Gasteiger partial charge on any atom is -0.298 e. The van der Waals surface area contributed by atoms with E-state index in [9.17, 15) is 8.42 Å². The van der Waals surface area contributed by atoms with Crippen molar-refractivity contribution in [2.24, 2.45) is 0 Å². The largest absolute Gasteiger partial charge is 0.298 e. The van der Waals surface area contributed by atoms with Crippen LogP contribution < -0.4 is 0 Å². The monoisotopic (exact) mass is 299 g/mol. The summed E-state index contributed by atoms with van der Waals surface area (Å²) in [6.07, 6.45) is 2.58. The number of nitrogens with zero attached hydrogens (tertiary/aromatic N) is 2. The maximum Gasteiger partial charge on any atom is 0.154 e. The standard InChI is InChI=1S/C14H25N3O2S/c1-11-5-6-17(7-8-20(11,18)19)10-12-9-15-16-13(12)14(2,3)4/h9,11H,5-8,10H2,1-4H3,(H,15,16). The molecule has 1 aliphatic rings. The number of sulfone groups is 1. The Labute approximate surface area is 121 Å². The molecule has 20 heavy (non-hydrogen) atoms. The van der Waals surface area contributed by atoms with Gasteiger partial charge in [0.1, 0.15) is 0 Å². The van der Waals surface area contributed by atoms with Crippen LogP contribution in [-0.4, -0.2) is 47.6 Å². The van der Waals surface area contributed by atoms with Crippen LogP contribution in [0.3, 0.4) is 0 Å². The van der Waals surface area contributed by atoms with Gasteiger partial charge in [0.05, 0.1) is 17.2 Å². The molecule has 1 atom stereocenters. The van der Waals surface area contributed by atoms with E-state index in [0.29, 0.717) is 13.0 Å². The fraction of sp³-hybridized carbons (Fsp3) is 0.786. The van der Waals surface area contributed by atoms with Crippen molar-refractivity contribution in [1.82, 2.24) is 15.1 Å². The van der Waals surface area contributed by atoms with Crippen molar-refractivity contribution in [3.8, 4) is 0 Å². The highest BCUT2D eigenvalue weighted by Crippen LogP contribution is 2.25. The number of aromatic amines is 1. The molecule has 0 bridgehead atoms. The molecule has 1 saturated heterocycles. The van der Waals surface area contributed by atoms with Gasteiger partial charge in [-0.05, 0) is 19.9 Å². The van der Waals surface area contributed by atoms with Gasteiger partial charge in [-0.1, -0.05) is 20.8 Å². The van der Waals surface area contributed by atoms with E-state index in [4.69, 9.17) is 0 Å². The number of nitrogens with one attached hydrogen (secondary N) is 1. The van der Waals surface area contributed by atoms with Gasteiger partial charge in [-0.3, -0.25) is 10.00 Å². The zero-order valence-corrected chi connectivity index (χ0v) is 13.6. The van der Waals surface area contributed by atoms with Crippen LogP contribution in [0.2, 0.25) is 0 Å². The average molecular weight is 299 g/mol. The zero-order valence-electron chi connectivity index (χ0n) is 12.8. The second kappa shape index (κ2) is 5.48. The number of rotatable bonds is 2. The maximum absolute atomic E-state index is 11.9. The third kappa shape index (κ3) is 3.41. The summed E-state index contributed by atoms with van der Waals surface area (Å²) in [5.41, 5.74) is 2.33. The lowest BCUT2D eigenvalue weighted by atomic mass is 9.89. The summed E-state index contributed by atoms with van der Waals surface area (Å²) in [6.45, 7) is 10.5. The van der Waals surface area contributed by atoms with E-state index in [0.717, 1.165) is 18.8 Å². The number of hydrogen-bond donors (Lipinski definition) is 1. The maximum atomic E-state index is 11.9. The van der Waals surface area contributed by atoms with Gasteiger partial charge < -0.3 is 0 Å². The molecule has 2 rings (SSSR count). The summed E-state index contributed by atoms with van der Waals surface area (Å²) in [6, 6.07) is 0. The van der Waals surface area contributed by atoms with Crippen molar-refractivity contribution < 1.29 is 8.42 Å². The normalized spacial score (nSPS) is 24.5. The summed E-state index contributed by atoms with van der Waals surface area (Å²) in [5, 5.41) is 7.01. The van der Waals surface area contributed by atoms with E-state index in [1.807, 2.05) is 13.1 Å². The highest BCUT2D eigenvalue weighted by molar-refractivity contribution is 7.92. The molecular weight excluding hydrogens is 274 g/mol. The Kier molecular flexibility index (Phi) is 4.25. The molecule has 0 amide bonds. The highest BCUT2D eigenvalue weighted by Gasteiger charge is 2.27. The Balaban J connectivity index is 2.10. The second-order valence-corrected chi connectivity index (χ2v) is 9.30. The molecule has 1 N–H and O–H groups in total. The second-order valence-electron chi connectivity index (χ2n) is 6.76. The van der Waals surface area contributed by atoms with Gasteiger partial charge >= 0.3 is 0 Å². The van der Waals surface area contributed by atoms with Crippen molar-refractivity contribution in [1.29, 1.82) is 0 Å². The number of aromatic nitrogens is 2. The molecule has 0 spiro atoms. The zero-order chi connectivity index (χ0) is 15.0. The van der Waals surface area contributed by atoms with Gasteiger partial charge in [0.2, 0.25) is 0 Å². The fourth-order valence-electron chi connectivity index (χ4n) is 2.59. The van der Waals surface area contributed by atoms with Crippen molar-refractivity contribution in [2.45, 2.75) is 51.3 Å². The van der Waals surface area contributed by atoms with Crippen LogP contribution in [0.25, 0.3) is 0 Å². The Hall–Kier alpha value is -0.880. The molecule has 1 fully saturated rings. The van der Waals surface area contributed by atoms with Crippen LogP contribution in [0, 0.1) is 0 Å². The SMILES string of the molecule is CC1CCN(Cc2cn[nH]c2C(C)(C)C)CCS1(=O)=O. The lowest BCUT2D eigenvalue weighted by molar-refractivity contribution is 0.281. The van der Waals surface area contributed by atoms with Crippen LogP contribution in [0.4, 0.5) is 0 Å². The third-order valence-electron chi connectivity index (χ3n) is 4.02. The minimum absolute atomic E-state index is 0.0249. The Morgan fingerprint density at radius 2 is 2.10 bits per heavy atom. The van der Waals surface area contributed by atoms with Crippen LogP contribution in [0.15, 0.2) is 6.20 Å². The van der Waals surface area contributed by atoms with Gasteiger partial charge in [-0.25, -0.2) is 8.42 Å². The predicted molar refractivity (Wildman–Crippen MR) is 80.4 cm³/mol. The first-order valence-corrected chi connectivity index (χ1v) is 8.88. The molecule has 1 unspecified atom stereocenters. The molecule has 114 valence electrons. The van der Waals surface area contributed by atoms with Crippen molar-refractivity contribution >= 4 is 9.84 Å². The minimum atomic E-state index is -2.91. The first-order chi connectivity index (χ1) is 9.20. The summed E-state index contributed by atoms with van der Waals surface area (Å²) in [4.78, 5) is 2.22. The molecule has 0 radical (unpaired) electrons. The van der Waals surface area contributed by atoms with Gasteiger partial charge in [0.15, 0.2) is 9.84 Å². The van der Waals surface area contributed by atoms with E-state index in [-0.39, 0.29) is 16.4 Å². The molecule has 6 heteroatoms. The molecule has 2 heterocycles. The molecule has 0 aromatic carbocycles. The molecular formula is C14H25N3O2S. The van der Waals surface area contributed by atoms with E-state index >= 15 is 0 Å². The fourth-order valence-corrected chi connectivity index (χ4v) is 3.97. The van der Waals surface area contributed by atoms with Gasteiger partial charge in [0, 0.05) is 29.8 Å². The van der Waals surface area contributed by atoms with Gasteiger partial charge in [-0.2, -0.15) is 5.10 Å². The lowest BCUT2D eigenvalue weighted by Gasteiger charge is -2.23. The molecule has 0 aliphatic carbocycles. The van der Waals surface area contributed by atoms with Crippen LogP contribution in [-0.2, 0) is 21.8 Å². The highest BCUT2D eigenvalue weighted by atomic mass is 32.2. The Morgan fingerprint density at radius 3 is 2.75 bits per heavy atom. The van der Waals surface area contributed by atoms with Crippen LogP contribution in [0.1, 0.15) is 45.4 Å². The summed E-state index contributed by atoms with van der Waals surface area (Å²) in [5.74, 6) is 0.261. The van der Waals surface area contributed by atoms with E-state index in [2.05, 4.69) is 35.9 Å². The molecule has 5 nitrogen and oxygen atoms in total. The molecule has 1 aromatic heterocycles. The topological polar surface area (TPSA) is 66.1 Å². The van der Waals surface area contributed by atoms with Crippen molar-refractivity contribution in [3.05, 3.63) is 17.5 Å². The number of H-pyrrole nitrogens is 1. The van der Waals surface area contributed by atoms with E-state index in [1.54, 1.807) is 0 Å².